The van der Waals surface area contributed by atoms with E-state index in [9.17, 15) is 28.1 Å². The van der Waals surface area contributed by atoms with Gasteiger partial charge in [-0.25, -0.2) is 0 Å². The van der Waals surface area contributed by atoms with Gasteiger partial charge in [-0.2, -0.15) is 0 Å². The molecule has 4 rings (SSSR count). The molecule has 184 valence electrons. The van der Waals surface area contributed by atoms with E-state index in [0.29, 0.717) is 12.5 Å². The van der Waals surface area contributed by atoms with E-state index < -0.39 is 11.3 Å². The number of carbonyl (C=O) groups is 1. The summed E-state index contributed by atoms with van der Waals surface area (Å²) < 4.78 is 47.6. The van der Waals surface area contributed by atoms with E-state index in [-0.39, 0.29) is 42.7 Å². The summed E-state index contributed by atoms with van der Waals surface area (Å²) in [6, 6.07) is 5.79. The minimum atomic E-state index is -4.70. The van der Waals surface area contributed by atoms with E-state index >= 15 is 0 Å². The third-order valence-corrected chi connectivity index (χ3v) is 5.87. The van der Waals surface area contributed by atoms with Crippen LogP contribution >= 0.6 is 0 Å². The number of hydrogen-bond donors (Lipinski definition) is 1. The van der Waals surface area contributed by atoms with Gasteiger partial charge in [0.05, 0.1) is 19.1 Å². The van der Waals surface area contributed by atoms with Gasteiger partial charge in [-0.15, -0.1) is 13.2 Å². The summed E-state index contributed by atoms with van der Waals surface area (Å²) >= 11 is 0. The number of likely N-dealkylation sites (tertiary alicyclic amines) is 1. The van der Waals surface area contributed by atoms with E-state index in [1.165, 1.54) is 22.9 Å². The van der Waals surface area contributed by atoms with Crippen LogP contribution in [0.1, 0.15) is 18.4 Å². The lowest BCUT2D eigenvalue weighted by molar-refractivity contribution is -0.389. The average Bonchev–Trinajstić information content (AvgIpc) is 3.19. The second-order valence-electron chi connectivity index (χ2n) is 8.48. The van der Waals surface area contributed by atoms with Gasteiger partial charge < -0.3 is 24.9 Å². The molecule has 1 N–H and O–H groups in total. The summed E-state index contributed by atoms with van der Waals surface area (Å²) in [5, 5.41) is 13.7. The van der Waals surface area contributed by atoms with Crippen molar-refractivity contribution in [2.75, 3.05) is 26.2 Å². The molecule has 0 bridgehead atoms. The number of rotatable bonds is 7. The Morgan fingerprint density at radius 3 is 2.62 bits per heavy atom. The SMILES string of the molecule is O=C(CN1CCC(Cc2ccc(OC(F)(F)F)cc2)CC1)NC1COc2nc([N+](=O)[O-])cn2C1. The van der Waals surface area contributed by atoms with Crippen LogP contribution in [0, 0.1) is 16.0 Å². The quantitative estimate of drug-likeness (QED) is 0.476. The molecular weight excluding hydrogens is 459 g/mol. The average molecular weight is 483 g/mol. The lowest BCUT2D eigenvalue weighted by Gasteiger charge is -2.32. The molecule has 1 fully saturated rings. The number of carbonyl (C=O) groups excluding carboxylic acids is 1. The Kier molecular flexibility index (Phi) is 6.91. The molecule has 1 amide bonds. The molecule has 0 spiro atoms. The van der Waals surface area contributed by atoms with Crippen LogP contribution in [0.5, 0.6) is 11.8 Å². The van der Waals surface area contributed by atoms with Crippen LogP contribution < -0.4 is 14.8 Å². The molecule has 2 aliphatic heterocycles. The molecule has 1 unspecified atom stereocenters. The molecule has 2 aliphatic rings. The van der Waals surface area contributed by atoms with Crippen molar-refractivity contribution in [2.45, 2.75) is 38.2 Å². The fourth-order valence-corrected chi connectivity index (χ4v) is 4.26. The van der Waals surface area contributed by atoms with Crippen LogP contribution in [0.3, 0.4) is 0 Å². The standard InChI is InChI=1S/C21H24F3N5O5/c22-21(23,24)34-17-3-1-14(2-4-17)9-15-5-7-27(8-6-15)12-19(30)25-16-10-28-11-18(29(31)32)26-20(28)33-13-16/h1-4,11,15-16H,5-10,12-13H2,(H,25,30). The highest BCUT2D eigenvalue weighted by Gasteiger charge is 2.31. The Hall–Kier alpha value is -3.35. The summed E-state index contributed by atoms with van der Waals surface area (Å²) in [5.41, 5.74) is 0.946. The van der Waals surface area contributed by atoms with Crippen molar-refractivity contribution in [1.82, 2.24) is 19.8 Å². The molecule has 0 radical (unpaired) electrons. The number of ether oxygens (including phenoxy) is 2. The van der Waals surface area contributed by atoms with Gasteiger partial charge in [0.15, 0.2) is 0 Å². The number of hydrogen-bond acceptors (Lipinski definition) is 7. The van der Waals surface area contributed by atoms with Crippen LogP contribution in [0.25, 0.3) is 0 Å². The molecule has 3 heterocycles. The summed E-state index contributed by atoms with van der Waals surface area (Å²) in [5.74, 6) is -0.292. The zero-order chi connectivity index (χ0) is 24.3. The Labute approximate surface area is 192 Å². The lowest BCUT2D eigenvalue weighted by Crippen LogP contribution is -2.49. The van der Waals surface area contributed by atoms with E-state index in [2.05, 4.69) is 19.9 Å². The number of halogens is 3. The van der Waals surface area contributed by atoms with Gasteiger partial charge in [0.2, 0.25) is 5.91 Å². The summed E-state index contributed by atoms with van der Waals surface area (Å²) in [4.78, 5) is 28.6. The minimum absolute atomic E-state index is 0.148. The summed E-state index contributed by atoms with van der Waals surface area (Å²) in [6.45, 7) is 2.26. The van der Waals surface area contributed by atoms with Gasteiger partial charge in [-0.05, 0) is 60.9 Å². The van der Waals surface area contributed by atoms with E-state index in [0.717, 1.165) is 37.9 Å². The Morgan fingerprint density at radius 1 is 1.26 bits per heavy atom. The maximum absolute atomic E-state index is 12.5. The van der Waals surface area contributed by atoms with Gasteiger partial charge >= 0.3 is 18.2 Å². The normalized spacial score (nSPS) is 19.2. The molecule has 2 aromatic rings. The Balaban J connectivity index is 1.18. The Morgan fingerprint density at radius 2 is 1.97 bits per heavy atom. The number of imidazole rings is 1. The predicted molar refractivity (Wildman–Crippen MR) is 112 cm³/mol. The Bertz CT molecular complexity index is 1020. The van der Waals surface area contributed by atoms with Gasteiger partial charge in [-0.3, -0.25) is 14.3 Å². The fourth-order valence-electron chi connectivity index (χ4n) is 4.26. The highest BCUT2D eigenvalue weighted by Crippen LogP contribution is 2.26. The number of nitrogens with zero attached hydrogens (tertiary/aromatic N) is 4. The molecular formula is C21H24F3N5O5. The summed E-state index contributed by atoms with van der Waals surface area (Å²) in [7, 11) is 0. The van der Waals surface area contributed by atoms with Crippen LogP contribution in [0.2, 0.25) is 0 Å². The van der Waals surface area contributed by atoms with Crippen molar-refractivity contribution in [1.29, 1.82) is 0 Å². The topological polar surface area (TPSA) is 112 Å². The molecule has 0 aliphatic carbocycles. The van der Waals surface area contributed by atoms with E-state index in [1.54, 1.807) is 12.1 Å². The van der Waals surface area contributed by atoms with Crippen LogP contribution in [0.4, 0.5) is 19.0 Å². The van der Waals surface area contributed by atoms with Crippen molar-refractivity contribution in [3.05, 3.63) is 46.1 Å². The van der Waals surface area contributed by atoms with Crippen molar-refractivity contribution < 1.29 is 32.4 Å². The number of nitrogens with one attached hydrogen (secondary N) is 1. The monoisotopic (exact) mass is 483 g/mol. The van der Waals surface area contributed by atoms with Crippen molar-refractivity contribution in [3.8, 4) is 11.8 Å². The first-order valence-corrected chi connectivity index (χ1v) is 10.9. The second-order valence-corrected chi connectivity index (χ2v) is 8.48. The zero-order valence-electron chi connectivity index (χ0n) is 18.2. The molecule has 1 atom stereocenters. The number of amides is 1. The number of aromatic nitrogens is 2. The van der Waals surface area contributed by atoms with Crippen molar-refractivity contribution in [2.24, 2.45) is 5.92 Å². The van der Waals surface area contributed by atoms with Gasteiger partial charge in [0.25, 0.3) is 0 Å². The van der Waals surface area contributed by atoms with Gasteiger partial charge in [0.1, 0.15) is 18.6 Å². The van der Waals surface area contributed by atoms with Crippen LogP contribution in [0.15, 0.2) is 30.5 Å². The molecule has 13 heteroatoms. The predicted octanol–water partition coefficient (Wildman–Crippen LogP) is 2.52. The highest BCUT2D eigenvalue weighted by molar-refractivity contribution is 5.78. The van der Waals surface area contributed by atoms with Crippen LogP contribution in [-0.4, -0.2) is 63.9 Å². The molecule has 1 saturated heterocycles. The van der Waals surface area contributed by atoms with Gasteiger partial charge in [-0.1, -0.05) is 12.1 Å². The highest BCUT2D eigenvalue weighted by atomic mass is 19.4. The maximum atomic E-state index is 12.5. The lowest BCUT2D eigenvalue weighted by atomic mass is 9.90. The molecule has 0 saturated carbocycles. The number of fused-ring (bicyclic) bond motifs is 1. The van der Waals surface area contributed by atoms with E-state index in [4.69, 9.17) is 4.74 Å². The van der Waals surface area contributed by atoms with Crippen molar-refractivity contribution >= 4 is 11.7 Å². The molecule has 1 aromatic carbocycles. The molecule has 34 heavy (non-hydrogen) atoms. The third-order valence-electron chi connectivity index (χ3n) is 5.87. The molecule has 1 aromatic heterocycles. The first-order valence-electron chi connectivity index (χ1n) is 10.9. The maximum Gasteiger partial charge on any atom is 0.573 e. The van der Waals surface area contributed by atoms with Gasteiger partial charge in [0, 0.05) is 4.98 Å². The third kappa shape index (κ3) is 6.37. The summed E-state index contributed by atoms with van der Waals surface area (Å²) in [6.07, 6.45) is -0.903. The first kappa shape index (κ1) is 23.8. The fraction of sp³-hybridized carbons (Fsp3) is 0.524. The smallest absolute Gasteiger partial charge is 0.444 e. The first-order chi connectivity index (χ1) is 16.1. The number of piperidine rings is 1. The van der Waals surface area contributed by atoms with E-state index in [1.807, 2.05) is 0 Å². The van der Waals surface area contributed by atoms with Crippen molar-refractivity contribution in [3.63, 3.8) is 0 Å². The zero-order valence-corrected chi connectivity index (χ0v) is 18.2. The second kappa shape index (κ2) is 9.87. The number of alkyl halides is 3. The van der Waals surface area contributed by atoms with Crippen LogP contribution in [-0.2, 0) is 17.8 Å². The number of nitro groups is 1. The minimum Gasteiger partial charge on any atom is -0.444 e. The number of benzene rings is 1. The molecule has 10 nitrogen and oxygen atoms in total. The largest absolute Gasteiger partial charge is 0.573 e.